The molecule has 1 unspecified atom stereocenters. The molecule has 0 aromatic heterocycles. The molecular weight excluding hydrogens is 445 g/mol. The average molecular weight is 480 g/mol. The number of anilines is 2. The van der Waals surface area contributed by atoms with E-state index in [1.807, 2.05) is 24.5 Å². The van der Waals surface area contributed by atoms with Crippen molar-refractivity contribution in [2.75, 3.05) is 30.1 Å². The van der Waals surface area contributed by atoms with Crippen LogP contribution in [0.4, 0.5) is 15.8 Å². The van der Waals surface area contributed by atoms with Crippen molar-refractivity contribution in [1.82, 2.24) is 0 Å². The van der Waals surface area contributed by atoms with Crippen LogP contribution in [0.3, 0.4) is 0 Å². The normalized spacial score (nSPS) is 15.3. The molecule has 7 heteroatoms. The predicted octanol–water partition coefficient (Wildman–Crippen LogP) is 7.48. The van der Waals surface area contributed by atoms with E-state index in [-0.39, 0.29) is 18.8 Å². The maximum absolute atomic E-state index is 13.4. The van der Waals surface area contributed by atoms with E-state index in [0.717, 1.165) is 39.9 Å². The monoisotopic (exact) mass is 479 g/mol. The Kier molecular flexibility index (Phi) is 11.2. The first-order valence-corrected chi connectivity index (χ1v) is 13.4. The summed E-state index contributed by atoms with van der Waals surface area (Å²) in [6.45, 7) is 7.57. The molecule has 4 nitrogen and oxygen atoms in total. The molecule has 0 amide bonds. The summed E-state index contributed by atoms with van der Waals surface area (Å²) in [7, 11) is 0. The van der Waals surface area contributed by atoms with Crippen molar-refractivity contribution in [3.05, 3.63) is 42.2 Å². The van der Waals surface area contributed by atoms with Crippen molar-refractivity contribution in [3.63, 3.8) is 0 Å². The Labute approximate surface area is 199 Å². The highest BCUT2D eigenvalue weighted by Crippen LogP contribution is 2.45. The summed E-state index contributed by atoms with van der Waals surface area (Å²) in [5, 5.41) is 8.86. The molecule has 0 bridgehead atoms. The van der Waals surface area contributed by atoms with Crippen molar-refractivity contribution in [2.24, 2.45) is 5.92 Å². The summed E-state index contributed by atoms with van der Waals surface area (Å²) in [6.07, 6.45) is 5.65. The van der Waals surface area contributed by atoms with Crippen LogP contribution < -0.4 is 9.64 Å². The van der Waals surface area contributed by atoms with Gasteiger partial charge in [-0.2, -0.15) is 0 Å². The highest BCUT2D eigenvalue weighted by Gasteiger charge is 2.25. The fourth-order valence-corrected chi connectivity index (χ4v) is 4.92. The Balaban J connectivity index is 0.000000837. The van der Waals surface area contributed by atoms with E-state index < -0.39 is 5.97 Å². The summed E-state index contributed by atoms with van der Waals surface area (Å²) < 4.78 is 19.2. The van der Waals surface area contributed by atoms with E-state index in [2.05, 4.69) is 31.7 Å². The first-order chi connectivity index (χ1) is 15.4. The van der Waals surface area contributed by atoms with Gasteiger partial charge in [0.15, 0.2) is 0 Å². The zero-order valence-electron chi connectivity index (χ0n) is 19.4. The van der Waals surface area contributed by atoms with Crippen molar-refractivity contribution >= 4 is 40.9 Å². The molecule has 0 aliphatic carbocycles. The van der Waals surface area contributed by atoms with Gasteiger partial charge in [0.25, 0.3) is 0 Å². The Morgan fingerprint density at radius 1 is 1.22 bits per heavy atom. The highest BCUT2D eigenvalue weighted by atomic mass is 32.2. The number of carbonyl (C=O) groups is 1. The standard InChI is InChI=1S/C21H24FNO3S2.C4H10/c1-3-14-12-23(16-6-4-15(22)5-7-16)17-10-20(27-2)18(11-19(17)28-13-14)26-9-8-21(24)25;1-3-4-2/h4-7,10-11,14H,3,8-9,12-13H2,1-2H3,(H,24,25);3-4H2,1-2H3. The summed E-state index contributed by atoms with van der Waals surface area (Å²) in [5.74, 6) is 1.11. The van der Waals surface area contributed by atoms with Gasteiger partial charge in [-0.05, 0) is 48.6 Å². The summed E-state index contributed by atoms with van der Waals surface area (Å²) in [4.78, 5) is 15.1. The van der Waals surface area contributed by atoms with Gasteiger partial charge >= 0.3 is 5.97 Å². The number of thioether (sulfide) groups is 2. The van der Waals surface area contributed by atoms with Gasteiger partial charge in [0.2, 0.25) is 0 Å². The number of aliphatic carboxylic acids is 1. The van der Waals surface area contributed by atoms with Crippen LogP contribution in [0.2, 0.25) is 0 Å². The number of carboxylic acid groups (broad SMARTS) is 1. The number of hydrogen-bond acceptors (Lipinski definition) is 5. The largest absolute Gasteiger partial charge is 0.492 e. The Morgan fingerprint density at radius 2 is 1.91 bits per heavy atom. The van der Waals surface area contributed by atoms with Crippen LogP contribution in [-0.4, -0.2) is 36.2 Å². The molecule has 32 heavy (non-hydrogen) atoms. The number of benzene rings is 2. The molecule has 0 radical (unpaired) electrons. The van der Waals surface area contributed by atoms with Crippen LogP contribution in [-0.2, 0) is 4.79 Å². The van der Waals surface area contributed by atoms with Gasteiger partial charge in [0.05, 0.1) is 23.6 Å². The summed E-state index contributed by atoms with van der Waals surface area (Å²) in [6, 6.07) is 10.7. The van der Waals surface area contributed by atoms with Crippen LogP contribution in [0.25, 0.3) is 0 Å². The molecule has 0 spiro atoms. The van der Waals surface area contributed by atoms with Crippen molar-refractivity contribution in [3.8, 4) is 5.75 Å². The Hall–Kier alpha value is -1.86. The summed E-state index contributed by atoms with van der Waals surface area (Å²) >= 11 is 3.37. The van der Waals surface area contributed by atoms with Crippen LogP contribution >= 0.6 is 23.5 Å². The third-order valence-corrected chi connectivity index (χ3v) is 7.28. The van der Waals surface area contributed by atoms with Crippen molar-refractivity contribution in [2.45, 2.75) is 56.2 Å². The first-order valence-electron chi connectivity index (χ1n) is 11.2. The lowest BCUT2D eigenvalue weighted by molar-refractivity contribution is -0.137. The molecule has 1 N–H and O–H groups in total. The molecule has 1 aliphatic rings. The van der Waals surface area contributed by atoms with E-state index in [1.165, 1.54) is 25.0 Å². The lowest BCUT2D eigenvalue weighted by Gasteiger charge is -2.28. The minimum absolute atomic E-state index is 0.0301. The van der Waals surface area contributed by atoms with Gasteiger partial charge in [-0.1, -0.05) is 40.0 Å². The Bertz CT molecular complexity index is 859. The van der Waals surface area contributed by atoms with Crippen molar-refractivity contribution < 1.29 is 19.0 Å². The van der Waals surface area contributed by atoms with Crippen LogP contribution in [0, 0.1) is 11.7 Å². The van der Waals surface area contributed by atoms with E-state index in [0.29, 0.717) is 11.7 Å². The van der Waals surface area contributed by atoms with Crippen LogP contribution in [0.1, 0.15) is 46.5 Å². The minimum atomic E-state index is -0.872. The van der Waals surface area contributed by atoms with Gasteiger partial charge < -0.3 is 14.7 Å². The molecule has 2 aromatic rings. The SMILES string of the molecule is CCC1CSc2cc(OCCC(=O)O)c(SC)cc2N(c2ccc(F)cc2)C1.CCCC. The van der Waals surface area contributed by atoms with Gasteiger partial charge in [0.1, 0.15) is 11.6 Å². The quantitative estimate of drug-likeness (QED) is 0.396. The van der Waals surface area contributed by atoms with E-state index in [4.69, 9.17) is 9.84 Å². The zero-order chi connectivity index (χ0) is 23.5. The molecule has 1 heterocycles. The number of nitrogens with zero attached hydrogens (tertiary/aromatic N) is 1. The number of ether oxygens (including phenoxy) is 1. The Morgan fingerprint density at radius 3 is 2.47 bits per heavy atom. The second kappa shape index (κ2) is 13.6. The first kappa shape index (κ1) is 26.4. The van der Waals surface area contributed by atoms with E-state index in [1.54, 1.807) is 23.5 Å². The highest BCUT2D eigenvalue weighted by molar-refractivity contribution is 7.99. The second-order valence-corrected chi connectivity index (χ2v) is 9.55. The molecule has 1 aliphatic heterocycles. The second-order valence-electron chi connectivity index (χ2n) is 7.64. The number of hydrogen-bond donors (Lipinski definition) is 1. The lowest BCUT2D eigenvalue weighted by atomic mass is 10.1. The predicted molar refractivity (Wildman–Crippen MR) is 134 cm³/mol. The van der Waals surface area contributed by atoms with Gasteiger partial charge in [0, 0.05) is 22.9 Å². The molecule has 0 fully saturated rings. The number of rotatable bonds is 8. The van der Waals surface area contributed by atoms with Crippen molar-refractivity contribution in [1.29, 1.82) is 0 Å². The zero-order valence-corrected chi connectivity index (χ0v) is 21.0. The lowest BCUT2D eigenvalue weighted by Crippen LogP contribution is -2.24. The molecule has 0 saturated heterocycles. The molecule has 0 saturated carbocycles. The number of carboxylic acids is 1. The third kappa shape index (κ3) is 7.62. The molecule has 176 valence electrons. The number of fused-ring (bicyclic) bond motifs is 1. The molecule has 2 aromatic carbocycles. The van der Waals surface area contributed by atoms with E-state index >= 15 is 0 Å². The van der Waals surface area contributed by atoms with Crippen LogP contribution in [0.15, 0.2) is 46.2 Å². The fourth-order valence-electron chi connectivity index (χ4n) is 3.11. The average Bonchev–Trinajstić information content (AvgIpc) is 2.98. The van der Waals surface area contributed by atoms with Gasteiger partial charge in [-0.15, -0.1) is 23.5 Å². The third-order valence-electron chi connectivity index (χ3n) is 5.24. The molecular formula is C25H34FNO3S2. The van der Waals surface area contributed by atoms with Gasteiger partial charge in [-0.3, -0.25) is 4.79 Å². The number of halogens is 1. The molecule has 1 atom stereocenters. The smallest absolute Gasteiger partial charge is 0.306 e. The molecule has 3 rings (SSSR count). The topological polar surface area (TPSA) is 49.8 Å². The fraction of sp³-hybridized carbons (Fsp3) is 0.480. The number of unbranched alkanes of at least 4 members (excludes halogenated alkanes) is 1. The maximum Gasteiger partial charge on any atom is 0.306 e. The minimum Gasteiger partial charge on any atom is -0.492 e. The van der Waals surface area contributed by atoms with E-state index in [9.17, 15) is 9.18 Å². The van der Waals surface area contributed by atoms with Crippen LogP contribution in [0.5, 0.6) is 5.75 Å². The van der Waals surface area contributed by atoms with Gasteiger partial charge in [-0.25, -0.2) is 4.39 Å². The summed E-state index contributed by atoms with van der Waals surface area (Å²) in [5.41, 5.74) is 2.05. The maximum atomic E-state index is 13.4.